The molecule has 1 aromatic carbocycles. The number of likely N-dealkylation sites (tertiary alicyclic amines) is 1. The maximum atomic E-state index is 13.8. The summed E-state index contributed by atoms with van der Waals surface area (Å²) in [5, 5.41) is 3.72. The van der Waals surface area contributed by atoms with Crippen molar-refractivity contribution in [2.75, 3.05) is 13.6 Å². The van der Waals surface area contributed by atoms with Crippen LogP contribution in [0.15, 0.2) is 42.6 Å². The van der Waals surface area contributed by atoms with E-state index in [1.807, 2.05) is 24.3 Å². The summed E-state index contributed by atoms with van der Waals surface area (Å²) in [5.74, 6) is -0.358. The summed E-state index contributed by atoms with van der Waals surface area (Å²) in [5.41, 5.74) is 1.97. The Bertz CT molecular complexity index is 635. The molecular formula is C17H19ClFN3. The molecule has 3 nitrogen and oxygen atoms in total. The molecule has 116 valence electrons. The summed E-state index contributed by atoms with van der Waals surface area (Å²) < 4.78 is 13.8. The topological polar surface area (TPSA) is 28.2 Å². The Morgan fingerprint density at radius 1 is 1.36 bits per heavy atom. The van der Waals surface area contributed by atoms with Crippen LogP contribution in [-0.2, 0) is 6.54 Å². The highest BCUT2D eigenvalue weighted by Gasteiger charge is 2.33. The summed E-state index contributed by atoms with van der Waals surface area (Å²) in [6, 6.07) is 11.4. The number of nitrogens with one attached hydrogen (secondary N) is 1. The Morgan fingerprint density at radius 2 is 2.23 bits per heavy atom. The molecule has 1 aliphatic rings. The minimum atomic E-state index is -0.358. The van der Waals surface area contributed by atoms with Gasteiger partial charge in [0.05, 0.1) is 10.7 Å². The Hall–Kier alpha value is -1.49. The molecule has 0 spiro atoms. The normalized spacial score (nSPS) is 22.1. The average molecular weight is 320 g/mol. The van der Waals surface area contributed by atoms with Gasteiger partial charge in [-0.25, -0.2) is 4.39 Å². The molecule has 1 fully saturated rings. The number of hydrogen-bond acceptors (Lipinski definition) is 3. The van der Waals surface area contributed by atoms with Crippen LogP contribution >= 0.6 is 11.6 Å². The van der Waals surface area contributed by atoms with E-state index in [0.29, 0.717) is 6.54 Å². The molecule has 0 amide bonds. The Morgan fingerprint density at radius 3 is 2.95 bits per heavy atom. The van der Waals surface area contributed by atoms with E-state index in [4.69, 9.17) is 11.6 Å². The van der Waals surface area contributed by atoms with Crippen LogP contribution in [0, 0.1) is 5.82 Å². The lowest BCUT2D eigenvalue weighted by Crippen LogP contribution is -2.34. The predicted molar refractivity (Wildman–Crippen MR) is 86.3 cm³/mol. The summed E-state index contributed by atoms with van der Waals surface area (Å²) in [7, 11) is 2.07. The van der Waals surface area contributed by atoms with Crippen LogP contribution in [0.3, 0.4) is 0 Å². The molecule has 5 heteroatoms. The van der Waals surface area contributed by atoms with Crippen LogP contribution in [0.2, 0.25) is 5.02 Å². The summed E-state index contributed by atoms with van der Waals surface area (Å²) in [6.45, 7) is 1.70. The molecule has 1 saturated heterocycles. The zero-order valence-electron chi connectivity index (χ0n) is 12.5. The fourth-order valence-electron chi connectivity index (χ4n) is 3.08. The van der Waals surface area contributed by atoms with E-state index in [2.05, 4.69) is 22.2 Å². The second-order valence-electron chi connectivity index (χ2n) is 5.70. The van der Waals surface area contributed by atoms with Crippen LogP contribution in [-0.4, -0.2) is 29.5 Å². The number of nitrogens with zero attached hydrogens (tertiary/aromatic N) is 2. The molecule has 3 rings (SSSR count). The smallest absolute Gasteiger partial charge is 0.142 e. The molecule has 1 aliphatic heterocycles. The lowest BCUT2D eigenvalue weighted by atomic mass is 10.00. The molecule has 22 heavy (non-hydrogen) atoms. The largest absolute Gasteiger partial charge is 0.306 e. The molecule has 2 heterocycles. The number of aromatic nitrogens is 1. The van der Waals surface area contributed by atoms with Gasteiger partial charge in [-0.3, -0.25) is 9.88 Å². The van der Waals surface area contributed by atoms with Crippen molar-refractivity contribution in [3.8, 4) is 0 Å². The van der Waals surface area contributed by atoms with Crippen molar-refractivity contribution >= 4 is 11.6 Å². The van der Waals surface area contributed by atoms with Gasteiger partial charge in [0.2, 0.25) is 0 Å². The van der Waals surface area contributed by atoms with Gasteiger partial charge in [0, 0.05) is 31.4 Å². The summed E-state index contributed by atoms with van der Waals surface area (Å²) >= 11 is 5.79. The second-order valence-corrected chi connectivity index (χ2v) is 6.10. The fourth-order valence-corrected chi connectivity index (χ4v) is 3.20. The summed E-state index contributed by atoms with van der Waals surface area (Å²) in [4.78, 5) is 6.58. The van der Waals surface area contributed by atoms with Crippen LogP contribution in [0.25, 0.3) is 0 Å². The van der Waals surface area contributed by atoms with Gasteiger partial charge < -0.3 is 5.32 Å². The SMILES string of the molecule is CN1CC[C@H](NCc2ccccn2)[C@H]1c1ccc(Cl)c(F)c1. The van der Waals surface area contributed by atoms with Crippen LogP contribution < -0.4 is 5.32 Å². The number of rotatable bonds is 4. The predicted octanol–water partition coefficient (Wildman–Crippen LogP) is 3.41. The van der Waals surface area contributed by atoms with Crippen LogP contribution in [0.4, 0.5) is 4.39 Å². The van der Waals surface area contributed by atoms with Gasteiger partial charge in [-0.05, 0) is 43.3 Å². The second kappa shape index (κ2) is 6.73. The molecule has 1 N–H and O–H groups in total. The molecule has 0 aliphatic carbocycles. The highest BCUT2D eigenvalue weighted by Crippen LogP contribution is 2.32. The van der Waals surface area contributed by atoms with E-state index < -0.39 is 0 Å². The first-order valence-corrected chi connectivity index (χ1v) is 7.81. The van der Waals surface area contributed by atoms with Crippen molar-refractivity contribution in [2.45, 2.75) is 25.0 Å². The Kier molecular flexibility index (Phi) is 4.71. The average Bonchev–Trinajstić information content (AvgIpc) is 2.90. The van der Waals surface area contributed by atoms with Gasteiger partial charge in [0.25, 0.3) is 0 Å². The van der Waals surface area contributed by atoms with Crippen molar-refractivity contribution in [3.05, 3.63) is 64.7 Å². The number of hydrogen-bond donors (Lipinski definition) is 1. The van der Waals surface area contributed by atoms with Gasteiger partial charge in [0.1, 0.15) is 5.82 Å². The van der Waals surface area contributed by atoms with Gasteiger partial charge in [-0.15, -0.1) is 0 Å². The maximum absolute atomic E-state index is 13.8. The molecule has 2 atom stereocenters. The quantitative estimate of drug-likeness (QED) is 0.936. The van der Waals surface area contributed by atoms with Crippen molar-refractivity contribution in [3.63, 3.8) is 0 Å². The number of halogens is 2. The van der Waals surface area contributed by atoms with E-state index >= 15 is 0 Å². The molecular weight excluding hydrogens is 301 g/mol. The Balaban J connectivity index is 1.74. The standard InChI is InChI=1S/C17H19ClFN3/c1-22-9-7-16(21-11-13-4-2-3-8-20-13)17(22)12-5-6-14(18)15(19)10-12/h2-6,8,10,16-17,21H,7,9,11H2,1H3/t16-,17+/m0/s1. The fraction of sp³-hybridized carbons (Fsp3) is 0.353. The lowest BCUT2D eigenvalue weighted by molar-refractivity contribution is 0.285. The number of pyridine rings is 1. The molecule has 0 saturated carbocycles. The van der Waals surface area contributed by atoms with E-state index in [-0.39, 0.29) is 22.9 Å². The molecule has 1 aromatic heterocycles. The minimum absolute atomic E-state index is 0.149. The van der Waals surface area contributed by atoms with Gasteiger partial charge in [-0.2, -0.15) is 0 Å². The maximum Gasteiger partial charge on any atom is 0.142 e. The highest BCUT2D eigenvalue weighted by molar-refractivity contribution is 6.30. The molecule has 0 radical (unpaired) electrons. The van der Waals surface area contributed by atoms with Crippen molar-refractivity contribution < 1.29 is 4.39 Å². The first-order valence-electron chi connectivity index (χ1n) is 7.43. The summed E-state index contributed by atoms with van der Waals surface area (Å²) in [6.07, 6.45) is 2.82. The number of likely N-dealkylation sites (N-methyl/N-ethyl adjacent to an activating group) is 1. The third-order valence-electron chi connectivity index (χ3n) is 4.21. The van der Waals surface area contributed by atoms with Crippen molar-refractivity contribution in [2.24, 2.45) is 0 Å². The lowest BCUT2D eigenvalue weighted by Gasteiger charge is -2.26. The van der Waals surface area contributed by atoms with Gasteiger partial charge in [-0.1, -0.05) is 23.7 Å². The third kappa shape index (κ3) is 3.29. The van der Waals surface area contributed by atoms with Crippen LogP contribution in [0.5, 0.6) is 0 Å². The van der Waals surface area contributed by atoms with E-state index in [1.54, 1.807) is 18.3 Å². The van der Waals surface area contributed by atoms with E-state index in [1.165, 1.54) is 0 Å². The molecule has 0 bridgehead atoms. The first-order chi connectivity index (χ1) is 10.6. The van der Waals surface area contributed by atoms with Gasteiger partial charge in [0.15, 0.2) is 0 Å². The van der Waals surface area contributed by atoms with E-state index in [9.17, 15) is 4.39 Å². The first kappa shape index (κ1) is 15.4. The van der Waals surface area contributed by atoms with E-state index in [0.717, 1.165) is 24.2 Å². The third-order valence-corrected chi connectivity index (χ3v) is 4.51. The molecule has 2 aromatic rings. The number of benzene rings is 1. The Labute approximate surface area is 135 Å². The monoisotopic (exact) mass is 319 g/mol. The highest BCUT2D eigenvalue weighted by atomic mass is 35.5. The zero-order valence-corrected chi connectivity index (χ0v) is 13.2. The minimum Gasteiger partial charge on any atom is -0.306 e. The zero-order chi connectivity index (χ0) is 15.5. The van der Waals surface area contributed by atoms with Crippen LogP contribution in [0.1, 0.15) is 23.7 Å². The molecule has 0 unspecified atom stereocenters. The van der Waals surface area contributed by atoms with Crippen molar-refractivity contribution in [1.82, 2.24) is 15.2 Å². The van der Waals surface area contributed by atoms with Crippen molar-refractivity contribution in [1.29, 1.82) is 0 Å². The van der Waals surface area contributed by atoms with Gasteiger partial charge >= 0.3 is 0 Å².